The van der Waals surface area contributed by atoms with Crippen LogP contribution >= 0.6 is 0 Å². The molecule has 6 nitrogen and oxygen atoms in total. The van der Waals surface area contributed by atoms with Gasteiger partial charge in [0.15, 0.2) is 0 Å². The van der Waals surface area contributed by atoms with E-state index in [0.717, 1.165) is 22.4 Å². The zero-order valence-corrected chi connectivity index (χ0v) is 16.0. The molecular weight excluding hydrogens is 366 g/mol. The first-order chi connectivity index (χ1) is 14.2. The van der Waals surface area contributed by atoms with E-state index in [0.29, 0.717) is 5.70 Å². The lowest BCUT2D eigenvalue weighted by Crippen LogP contribution is -2.40. The second-order valence-electron chi connectivity index (χ2n) is 6.64. The molecule has 0 aromatic heterocycles. The van der Waals surface area contributed by atoms with E-state index >= 15 is 0 Å². The topological polar surface area (TPSA) is 71.0 Å². The molecular formula is C23H21N3O3. The summed E-state index contributed by atoms with van der Waals surface area (Å²) in [7, 11) is 0. The molecule has 4 rings (SSSR count). The van der Waals surface area contributed by atoms with Crippen molar-refractivity contribution < 1.29 is 14.3 Å². The molecule has 0 saturated heterocycles. The Balaban J connectivity index is 1.87. The molecule has 0 fully saturated rings. The van der Waals surface area contributed by atoms with Crippen molar-refractivity contribution in [2.75, 3.05) is 13.2 Å². The minimum absolute atomic E-state index is 0.0198. The number of allylic oxidation sites excluding steroid dienone is 2. The summed E-state index contributed by atoms with van der Waals surface area (Å²) < 4.78 is 5.25. The molecule has 1 N–H and O–H groups in total. The first-order valence-corrected chi connectivity index (χ1v) is 9.51. The third-order valence-corrected chi connectivity index (χ3v) is 4.79. The van der Waals surface area contributed by atoms with Gasteiger partial charge in [0, 0.05) is 17.3 Å². The molecule has 2 aliphatic rings. The van der Waals surface area contributed by atoms with Crippen LogP contribution in [0.5, 0.6) is 0 Å². The van der Waals surface area contributed by atoms with Crippen molar-refractivity contribution in [3.8, 4) is 0 Å². The number of hydrogen-bond donors (Lipinski definition) is 1. The van der Waals surface area contributed by atoms with Gasteiger partial charge < -0.3 is 10.1 Å². The number of benzene rings is 2. The van der Waals surface area contributed by atoms with Crippen LogP contribution < -0.4 is 5.32 Å². The molecule has 29 heavy (non-hydrogen) atoms. The highest BCUT2D eigenvalue weighted by Gasteiger charge is 2.35. The van der Waals surface area contributed by atoms with Gasteiger partial charge in [-0.3, -0.25) is 14.7 Å². The Morgan fingerprint density at radius 1 is 1.14 bits per heavy atom. The minimum Gasteiger partial charge on any atom is -0.449 e. The second-order valence-corrected chi connectivity index (χ2v) is 6.64. The van der Waals surface area contributed by atoms with E-state index in [9.17, 15) is 9.59 Å². The maximum Gasteiger partial charge on any atom is 0.414 e. The fourth-order valence-corrected chi connectivity index (χ4v) is 3.55. The molecule has 0 aliphatic carbocycles. The monoisotopic (exact) mass is 387 g/mol. The van der Waals surface area contributed by atoms with Crippen molar-refractivity contribution >= 4 is 17.7 Å². The number of nitrogens with zero attached hydrogens (tertiary/aromatic N) is 2. The summed E-state index contributed by atoms with van der Waals surface area (Å²) in [6.45, 7) is 2.05. The normalized spacial score (nSPS) is 18.5. The fraction of sp³-hybridized carbons (Fsp3) is 0.174. The van der Waals surface area contributed by atoms with Gasteiger partial charge >= 0.3 is 6.09 Å². The molecule has 6 heteroatoms. The molecule has 2 heterocycles. The largest absolute Gasteiger partial charge is 0.449 e. The molecule has 2 amide bonds. The second kappa shape index (κ2) is 8.14. The molecule has 2 aromatic rings. The summed E-state index contributed by atoms with van der Waals surface area (Å²) in [5, 5.41) is 2.98. The lowest BCUT2D eigenvalue weighted by atomic mass is 9.91. The number of carbonyl (C=O) groups excluding carboxylic acids is 2. The zero-order valence-electron chi connectivity index (χ0n) is 16.0. The Hall–Kier alpha value is -3.67. The van der Waals surface area contributed by atoms with Crippen LogP contribution in [-0.2, 0) is 9.53 Å². The zero-order chi connectivity index (χ0) is 20.2. The van der Waals surface area contributed by atoms with E-state index < -0.39 is 12.1 Å². The Labute approximate surface area is 169 Å². The number of amides is 2. The van der Waals surface area contributed by atoms with Crippen LogP contribution in [0, 0.1) is 0 Å². The van der Waals surface area contributed by atoms with Gasteiger partial charge in [-0.25, -0.2) is 4.79 Å². The van der Waals surface area contributed by atoms with Crippen molar-refractivity contribution in [3.05, 3.63) is 95.3 Å². The third kappa shape index (κ3) is 3.69. The number of carbonyl (C=O) groups is 2. The van der Waals surface area contributed by atoms with Crippen LogP contribution in [0.2, 0.25) is 0 Å². The smallest absolute Gasteiger partial charge is 0.414 e. The summed E-state index contributed by atoms with van der Waals surface area (Å²) in [6, 6.07) is 18.8. The van der Waals surface area contributed by atoms with E-state index in [2.05, 4.69) is 10.3 Å². The van der Waals surface area contributed by atoms with Gasteiger partial charge in [0.25, 0.3) is 0 Å². The molecule has 1 atom stereocenters. The van der Waals surface area contributed by atoms with Gasteiger partial charge in [-0.15, -0.1) is 0 Å². The first kappa shape index (κ1) is 18.7. The van der Waals surface area contributed by atoms with E-state index in [1.165, 1.54) is 4.90 Å². The van der Waals surface area contributed by atoms with Gasteiger partial charge in [0.2, 0.25) is 5.91 Å². The summed E-state index contributed by atoms with van der Waals surface area (Å²) in [4.78, 5) is 31.2. The molecule has 0 saturated carbocycles. The van der Waals surface area contributed by atoms with Crippen molar-refractivity contribution in [1.29, 1.82) is 0 Å². The lowest BCUT2D eigenvalue weighted by molar-refractivity contribution is -0.119. The van der Waals surface area contributed by atoms with Crippen LogP contribution in [0.3, 0.4) is 0 Å². The van der Waals surface area contributed by atoms with Gasteiger partial charge in [0.05, 0.1) is 18.0 Å². The number of aliphatic imine (C=N–C) groups is 1. The van der Waals surface area contributed by atoms with E-state index in [1.54, 1.807) is 13.1 Å². The predicted octanol–water partition coefficient (Wildman–Crippen LogP) is 3.59. The number of nitrogens with one attached hydrogen (secondary N) is 1. The van der Waals surface area contributed by atoms with Crippen LogP contribution in [0.4, 0.5) is 4.79 Å². The van der Waals surface area contributed by atoms with Crippen molar-refractivity contribution in [1.82, 2.24) is 10.2 Å². The predicted molar refractivity (Wildman–Crippen MR) is 110 cm³/mol. The average molecular weight is 387 g/mol. The van der Waals surface area contributed by atoms with Gasteiger partial charge in [-0.1, -0.05) is 60.7 Å². The first-order valence-electron chi connectivity index (χ1n) is 9.51. The fourth-order valence-electron chi connectivity index (χ4n) is 3.55. The van der Waals surface area contributed by atoms with E-state index in [4.69, 9.17) is 4.74 Å². The van der Waals surface area contributed by atoms with Gasteiger partial charge in [-0.05, 0) is 18.6 Å². The summed E-state index contributed by atoms with van der Waals surface area (Å²) in [6.07, 6.45) is 3.04. The highest BCUT2D eigenvalue weighted by atomic mass is 16.6. The van der Waals surface area contributed by atoms with Gasteiger partial charge in [0.1, 0.15) is 12.6 Å². The maximum atomic E-state index is 12.7. The highest BCUT2D eigenvalue weighted by molar-refractivity contribution is 6.16. The standard InChI is InChI=1S/C23H21N3O3/c1-2-29-23(28)26-14-13-18-20(16-9-5-3-6-10-16)24-15-19(27)25-21(18)22(26)17-11-7-4-8-12-17/h3-14,22H,2,15H2,1H3,(H,25,27). The van der Waals surface area contributed by atoms with Crippen LogP contribution in [0.1, 0.15) is 24.1 Å². The molecule has 2 aromatic carbocycles. The molecule has 0 spiro atoms. The summed E-state index contributed by atoms with van der Waals surface area (Å²) in [5.41, 5.74) is 3.91. The Bertz CT molecular complexity index is 1010. The average Bonchev–Trinajstić information content (AvgIpc) is 2.92. The molecule has 146 valence electrons. The van der Waals surface area contributed by atoms with Crippen molar-refractivity contribution in [2.24, 2.45) is 4.99 Å². The van der Waals surface area contributed by atoms with Crippen molar-refractivity contribution in [2.45, 2.75) is 13.0 Å². The number of rotatable bonds is 3. The SMILES string of the molecule is CCOC(=O)N1C=CC2=C(NC(=O)CN=C2c2ccccc2)C1c1ccccc1. The molecule has 0 bridgehead atoms. The van der Waals surface area contributed by atoms with Gasteiger partial charge in [-0.2, -0.15) is 0 Å². The quantitative estimate of drug-likeness (QED) is 0.875. The van der Waals surface area contributed by atoms with Crippen LogP contribution in [0.25, 0.3) is 0 Å². The Kier molecular flexibility index (Phi) is 5.24. The minimum atomic E-state index is -0.522. The van der Waals surface area contributed by atoms with Crippen LogP contribution in [-0.4, -0.2) is 35.8 Å². The maximum absolute atomic E-state index is 12.7. The summed E-state index contributed by atoms with van der Waals surface area (Å²) >= 11 is 0. The molecule has 0 radical (unpaired) electrons. The third-order valence-electron chi connectivity index (χ3n) is 4.79. The summed E-state index contributed by atoms with van der Waals surface area (Å²) in [5.74, 6) is -0.219. The molecule has 1 unspecified atom stereocenters. The highest BCUT2D eigenvalue weighted by Crippen LogP contribution is 2.35. The van der Waals surface area contributed by atoms with E-state index in [-0.39, 0.29) is 19.1 Å². The number of hydrogen-bond acceptors (Lipinski definition) is 4. The van der Waals surface area contributed by atoms with E-state index in [1.807, 2.05) is 66.7 Å². The Morgan fingerprint density at radius 2 is 1.83 bits per heavy atom. The molecule has 2 aliphatic heterocycles. The lowest BCUT2D eigenvalue weighted by Gasteiger charge is -2.34. The number of ether oxygens (including phenoxy) is 1. The van der Waals surface area contributed by atoms with Crippen LogP contribution in [0.15, 0.2) is 89.2 Å². The van der Waals surface area contributed by atoms with Crippen molar-refractivity contribution in [3.63, 3.8) is 0 Å². The Morgan fingerprint density at radius 3 is 2.52 bits per heavy atom.